The van der Waals surface area contributed by atoms with E-state index in [0.717, 1.165) is 6.20 Å². The molecule has 0 aliphatic rings. The van der Waals surface area contributed by atoms with Crippen LogP contribution in [-0.2, 0) is 9.05 Å². The summed E-state index contributed by atoms with van der Waals surface area (Å²) in [5.41, 5.74) is -0.0568. The highest BCUT2D eigenvalue weighted by Gasteiger charge is 2.21. The van der Waals surface area contributed by atoms with E-state index in [1.807, 2.05) is 0 Å². The van der Waals surface area contributed by atoms with Crippen LogP contribution in [0.5, 0.6) is 0 Å². The van der Waals surface area contributed by atoms with Crippen LogP contribution in [0.1, 0.15) is 16.1 Å². The predicted octanol–water partition coefficient (Wildman–Crippen LogP) is 2.17. The van der Waals surface area contributed by atoms with Gasteiger partial charge < -0.3 is 0 Å². The zero-order chi connectivity index (χ0) is 14.9. The maximum absolute atomic E-state index is 13.4. The Balaban J connectivity index is 2.28. The lowest BCUT2D eigenvalue weighted by molar-refractivity contribution is 0.102. The molecule has 0 fully saturated rings. The number of aryl methyl sites for hydroxylation is 1. The summed E-state index contributed by atoms with van der Waals surface area (Å²) >= 11 is 0.694. The van der Waals surface area contributed by atoms with Crippen LogP contribution in [0.15, 0.2) is 22.7 Å². The normalized spacial score (nSPS) is 11.3. The maximum Gasteiger partial charge on any atom is 0.272 e. The Bertz CT molecular complexity index is 776. The fourth-order valence-electron chi connectivity index (χ4n) is 1.39. The third kappa shape index (κ3) is 3.11. The Morgan fingerprint density at radius 1 is 1.50 bits per heavy atom. The van der Waals surface area contributed by atoms with Crippen LogP contribution in [0, 0.1) is 12.7 Å². The lowest BCUT2D eigenvalue weighted by Crippen LogP contribution is -2.13. The first kappa shape index (κ1) is 14.8. The average Bonchev–Trinajstić information content (AvgIpc) is 2.70. The number of thiazole rings is 1. The number of nitrogens with one attached hydrogen (secondary N) is 1. The van der Waals surface area contributed by atoms with Gasteiger partial charge in [0.05, 0.1) is 17.5 Å². The molecule has 2 aromatic rings. The molecule has 0 atom stereocenters. The first-order valence-corrected chi connectivity index (χ1v) is 8.24. The average molecular weight is 336 g/mol. The van der Waals surface area contributed by atoms with Crippen molar-refractivity contribution in [2.45, 2.75) is 11.1 Å². The zero-order valence-electron chi connectivity index (χ0n) is 9.92. The fraction of sp³-hybridized carbons (Fsp3) is 0.100. The molecule has 0 aliphatic carbocycles. The highest BCUT2D eigenvalue weighted by molar-refractivity contribution is 8.15. The molecule has 2 heterocycles. The van der Waals surface area contributed by atoms with E-state index < -0.39 is 20.8 Å². The van der Waals surface area contributed by atoms with Gasteiger partial charge in [0.25, 0.3) is 15.0 Å². The molecular weight excluding hydrogens is 329 g/mol. The minimum Gasteiger partial charge on any atom is -0.298 e. The molecule has 0 radical (unpaired) electrons. The minimum absolute atomic E-state index is 0.0166. The summed E-state index contributed by atoms with van der Waals surface area (Å²) in [5.74, 6) is -1.54. The number of amides is 1. The van der Waals surface area contributed by atoms with Crippen LogP contribution < -0.4 is 5.32 Å². The molecule has 1 N–H and O–H groups in total. The van der Waals surface area contributed by atoms with Crippen LogP contribution >= 0.6 is 22.0 Å². The van der Waals surface area contributed by atoms with Crippen molar-refractivity contribution in [2.24, 2.45) is 0 Å². The summed E-state index contributed by atoms with van der Waals surface area (Å²) in [6.45, 7) is 1.44. The van der Waals surface area contributed by atoms with Gasteiger partial charge in [-0.1, -0.05) is 11.3 Å². The van der Waals surface area contributed by atoms with Gasteiger partial charge in [-0.15, -0.1) is 0 Å². The second-order valence-corrected chi connectivity index (χ2v) is 7.40. The van der Waals surface area contributed by atoms with Gasteiger partial charge >= 0.3 is 0 Å². The number of rotatable bonds is 3. The van der Waals surface area contributed by atoms with Gasteiger partial charge in [-0.2, -0.15) is 0 Å². The van der Waals surface area contributed by atoms with Crippen molar-refractivity contribution in [1.29, 1.82) is 0 Å². The van der Waals surface area contributed by atoms with E-state index in [1.54, 1.807) is 0 Å². The highest BCUT2D eigenvalue weighted by Crippen LogP contribution is 2.29. The molecule has 0 saturated carbocycles. The smallest absolute Gasteiger partial charge is 0.272 e. The van der Waals surface area contributed by atoms with Crippen LogP contribution in [0.25, 0.3) is 0 Å². The molecule has 20 heavy (non-hydrogen) atoms. The van der Waals surface area contributed by atoms with Crippen molar-refractivity contribution in [2.75, 3.05) is 5.32 Å². The van der Waals surface area contributed by atoms with Crippen molar-refractivity contribution in [3.8, 4) is 0 Å². The van der Waals surface area contributed by atoms with E-state index in [0.29, 0.717) is 11.3 Å². The summed E-state index contributed by atoms with van der Waals surface area (Å²) < 4.78 is 35.7. The largest absolute Gasteiger partial charge is 0.298 e. The molecule has 0 aromatic carbocycles. The molecule has 1 amide bonds. The van der Waals surface area contributed by atoms with E-state index in [4.69, 9.17) is 10.7 Å². The summed E-state index contributed by atoms with van der Waals surface area (Å²) in [6, 6.07) is 1.20. The van der Waals surface area contributed by atoms with Gasteiger partial charge in [0.2, 0.25) is 0 Å². The fourth-order valence-corrected chi connectivity index (χ4v) is 3.73. The van der Waals surface area contributed by atoms with Gasteiger partial charge in [-0.25, -0.2) is 17.8 Å². The van der Waals surface area contributed by atoms with Crippen LogP contribution in [0.2, 0.25) is 0 Å². The van der Waals surface area contributed by atoms with Crippen LogP contribution in [0.4, 0.5) is 9.52 Å². The molecular formula is C10H7ClFN3O3S2. The van der Waals surface area contributed by atoms with Gasteiger partial charge in [0.15, 0.2) is 15.2 Å². The number of anilines is 1. The molecule has 0 unspecified atom stereocenters. The first-order chi connectivity index (χ1) is 9.29. The second kappa shape index (κ2) is 5.43. The lowest BCUT2D eigenvalue weighted by Gasteiger charge is -2.01. The predicted molar refractivity (Wildman–Crippen MR) is 72.0 cm³/mol. The topological polar surface area (TPSA) is 89.0 Å². The Labute approximate surface area is 122 Å². The van der Waals surface area contributed by atoms with Crippen LogP contribution in [0.3, 0.4) is 0 Å². The van der Waals surface area contributed by atoms with Gasteiger partial charge in [-0.05, 0) is 13.0 Å². The Hall–Kier alpha value is -1.58. The molecule has 0 saturated heterocycles. The Morgan fingerprint density at radius 2 is 2.20 bits per heavy atom. The molecule has 0 aliphatic heterocycles. The number of nitrogens with zero attached hydrogens (tertiary/aromatic N) is 2. The summed E-state index contributed by atoms with van der Waals surface area (Å²) in [7, 11) is 1.29. The third-order valence-electron chi connectivity index (χ3n) is 2.21. The number of halogens is 2. The summed E-state index contributed by atoms with van der Waals surface area (Å²) in [5, 5.41) is 2.33. The number of carbonyl (C=O) groups is 1. The zero-order valence-corrected chi connectivity index (χ0v) is 12.3. The SMILES string of the molecule is Cc1nc(NC(=O)c2ccncc2F)sc1S(=O)(=O)Cl. The van der Waals surface area contributed by atoms with Crippen molar-refractivity contribution in [3.63, 3.8) is 0 Å². The standard InChI is InChI=1S/C10H7ClFN3O3S2/c1-5-9(20(11,17)18)19-10(14-5)15-8(16)6-2-3-13-4-7(6)12/h2-4H,1H3,(H,14,15,16). The van der Waals surface area contributed by atoms with E-state index >= 15 is 0 Å². The lowest BCUT2D eigenvalue weighted by atomic mass is 10.2. The Kier molecular flexibility index (Phi) is 4.02. The second-order valence-electron chi connectivity index (χ2n) is 3.64. The van der Waals surface area contributed by atoms with E-state index in [2.05, 4.69) is 15.3 Å². The van der Waals surface area contributed by atoms with Gasteiger partial charge in [-0.3, -0.25) is 15.1 Å². The highest BCUT2D eigenvalue weighted by atomic mass is 35.7. The molecule has 10 heteroatoms. The van der Waals surface area contributed by atoms with Crippen molar-refractivity contribution < 1.29 is 17.6 Å². The maximum atomic E-state index is 13.4. The van der Waals surface area contributed by atoms with Crippen molar-refractivity contribution in [3.05, 3.63) is 35.5 Å². The van der Waals surface area contributed by atoms with E-state index in [9.17, 15) is 17.6 Å². The van der Waals surface area contributed by atoms with Gasteiger partial charge in [0.1, 0.15) is 0 Å². The number of aromatic nitrogens is 2. The monoisotopic (exact) mass is 335 g/mol. The molecule has 0 bridgehead atoms. The molecule has 6 nitrogen and oxygen atoms in total. The summed E-state index contributed by atoms with van der Waals surface area (Å²) in [4.78, 5) is 19.2. The number of hydrogen-bond acceptors (Lipinski definition) is 6. The van der Waals surface area contributed by atoms with E-state index in [1.165, 1.54) is 19.2 Å². The summed E-state index contributed by atoms with van der Waals surface area (Å²) in [6.07, 6.45) is 2.16. The quantitative estimate of drug-likeness (QED) is 0.868. The third-order valence-corrected chi connectivity index (χ3v) is 5.46. The van der Waals surface area contributed by atoms with Crippen LogP contribution in [-0.4, -0.2) is 24.3 Å². The molecule has 2 rings (SSSR count). The number of pyridine rings is 1. The first-order valence-electron chi connectivity index (χ1n) is 5.12. The molecule has 0 spiro atoms. The Morgan fingerprint density at radius 3 is 2.75 bits per heavy atom. The number of carbonyl (C=O) groups excluding carboxylic acids is 1. The minimum atomic E-state index is -3.93. The molecule has 106 valence electrons. The van der Waals surface area contributed by atoms with Crippen molar-refractivity contribution >= 4 is 42.1 Å². The van der Waals surface area contributed by atoms with E-state index in [-0.39, 0.29) is 20.6 Å². The van der Waals surface area contributed by atoms with Gasteiger partial charge in [0, 0.05) is 16.9 Å². The number of hydrogen-bond donors (Lipinski definition) is 1. The molecule has 2 aromatic heterocycles. The van der Waals surface area contributed by atoms with Crippen molar-refractivity contribution in [1.82, 2.24) is 9.97 Å².